The summed E-state index contributed by atoms with van der Waals surface area (Å²) in [6.07, 6.45) is 1.45. The second-order valence-electron chi connectivity index (χ2n) is 7.83. The first-order valence-electron chi connectivity index (χ1n) is 10.7. The number of rotatable bonds is 6. The zero-order valence-electron chi connectivity index (χ0n) is 18.8. The highest BCUT2D eigenvalue weighted by Gasteiger charge is 2.23. The minimum absolute atomic E-state index is 0.0222. The normalized spacial score (nSPS) is 14.4. The van der Waals surface area contributed by atoms with E-state index in [0.29, 0.717) is 22.3 Å². The van der Waals surface area contributed by atoms with Crippen LogP contribution in [0, 0.1) is 5.82 Å². The van der Waals surface area contributed by atoms with Crippen molar-refractivity contribution < 1.29 is 18.7 Å². The van der Waals surface area contributed by atoms with Crippen molar-refractivity contribution in [1.29, 1.82) is 0 Å². The fourth-order valence-electron chi connectivity index (χ4n) is 3.90. The summed E-state index contributed by atoms with van der Waals surface area (Å²) in [5.74, 6) is -0.525. The van der Waals surface area contributed by atoms with Crippen molar-refractivity contribution in [1.82, 2.24) is 9.88 Å². The highest BCUT2D eigenvalue weighted by Crippen LogP contribution is 2.39. The quantitative estimate of drug-likeness (QED) is 0.521. The van der Waals surface area contributed by atoms with E-state index in [9.17, 15) is 9.18 Å². The highest BCUT2D eigenvalue weighted by molar-refractivity contribution is 6.31. The fourth-order valence-corrected chi connectivity index (χ4v) is 4.07. The number of likely N-dealkylation sites (N-methyl/N-ethyl adjacent to an activating group) is 1. The number of anilines is 3. The molecule has 33 heavy (non-hydrogen) atoms. The summed E-state index contributed by atoms with van der Waals surface area (Å²) in [6, 6.07) is 8.41. The van der Waals surface area contributed by atoms with Crippen molar-refractivity contribution in [2.75, 3.05) is 57.2 Å². The number of methoxy groups -OCH3 is 1. The first-order chi connectivity index (χ1) is 15.9. The van der Waals surface area contributed by atoms with Crippen LogP contribution in [0.5, 0.6) is 5.75 Å². The summed E-state index contributed by atoms with van der Waals surface area (Å²) in [7, 11) is 3.70. The van der Waals surface area contributed by atoms with Gasteiger partial charge in [0, 0.05) is 37.8 Å². The van der Waals surface area contributed by atoms with Crippen molar-refractivity contribution in [2.45, 2.75) is 6.92 Å². The van der Waals surface area contributed by atoms with E-state index in [0.717, 1.165) is 31.9 Å². The van der Waals surface area contributed by atoms with Crippen molar-refractivity contribution in [2.24, 2.45) is 0 Å². The number of carbonyl (C=O) groups excluding carboxylic acids is 1. The lowest BCUT2D eigenvalue weighted by atomic mass is 10.1. The highest BCUT2D eigenvalue weighted by atomic mass is 35.5. The van der Waals surface area contributed by atoms with Gasteiger partial charge in [0.1, 0.15) is 11.3 Å². The van der Waals surface area contributed by atoms with E-state index < -0.39 is 11.8 Å². The maximum atomic E-state index is 14.7. The van der Waals surface area contributed by atoms with Gasteiger partial charge in [0.15, 0.2) is 5.82 Å². The molecule has 0 unspecified atom stereocenters. The number of pyridine rings is 1. The number of benzene rings is 2. The molecule has 2 aromatic carbocycles. The van der Waals surface area contributed by atoms with Gasteiger partial charge >= 0.3 is 5.97 Å². The Bertz CT molecular complexity index is 1180. The van der Waals surface area contributed by atoms with Crippen LogP contribution in [-0.4, -0.2) is 62.8 Å². The number of fused-ring (bicyclic) bond motifs is 1. The molecule has 0 atom stereocenters. The number of nitrogens with one attached hydrogen (secondary N) is 1. The van der Waals surface area contributed by atoms with Crippen molar-refractivity contribution >= 4 is 45.5 Å². The molecule has 0 saturated carbocycles. The topological polar surface area (TPSA) is 66.9 Å². The summed E-state index contributed by atoms with van der Waals surface area (Å²) in [5, 5.41) is 3.63. The average molecular weight is 473 g/mol. The Hall–Kier alpha value is -3.10. The predicted molar refractivity (Wildman–Crippen MR) is 129 cm³/mol. The van der Waals surface area contributed by atoms with E-state index >= 15 is 0 Å². The molecule has 3 aromatic rings. The van der Waals surface area contributed by atoms with Crippen molar-refractivity contribution in [3.8, 4) is 5.75 Å². The van der Waals surface area contributed by atoms with E-state index in [1.807, 2.05) is 12.1 Å². The maximum absolute atomic E-state index is 14.7. The molecule has 0 radical (unpaired) electrons. The van der Waals surface area contributed by atoms with E-state index in [-0.39, 0.29) is 22.9 Å². The van der Waals surface area contributed by atoms with Gasteiger partial charge in [0.2, 0.25) is 0 Å². The smallest absolute Gasteiger partial charge is 0.341 e. The minimum atomic E-state index is -0.611. The van der Waals surface area contributed by atoms with Gasteiger partial charge in [-0.25, -0.2) is 9.18 Å². The molecule has 0 bridgehead atoms. The summed E-state index contributed by atoms with van der Waals surface area (Å²) in [4.78, 5) is 21.7. The molecule has 0 amide bonds. The lowest BCUT2D eigenvalue weighted by molar-refractivity contribution is 0.0527. The van der Waals surface area contributed by atoms with Gasteiger partial charge in [0.25, 0.3) is 0 Å². The van der Waals surface area contributed by atoms with Crippen LogP contribution in [0.25, 0.3) is 10.9 Å². The molecule has 4 rings (SSSR count). The van der Waals surface area contributed by atoms with E-state index in [1.165, 1.54) is 12.3 Å². The van der Waals surface area contributed by atoms with Gasteiger partial charge in [-0.1, -0.05) is 17.7 Å². The Morgan fingerprint density at radius 3 is 2.70 bits per heavy atom. The SMILES string of the molecule is CCOC(=O)c1cnc2cc(N3CCN(C)CC3)c(OC)cc2c1Nc1cccc(Cl)c1F. The number of ether oxygens (including phenoxy) is 2. The molecule has 1 fully saturated rings. The molecule has 174 valence electrons. The molecule has 1 N–H and O–H groups in total. The third-order valence-electron chi connectivity index (χ3n) is 5.72. The molecule has 0 spiro atoms. The molecule has 1 aliphatic rings. The Morgan fingerprint density at radius 2 is 2.00 bits per heavy atom. The third kappa shape index (κ3) is 4.67. The van der Waals surface area contributed by atoms with Gasteiger partial charge in [-0.15, -0.1) is 0 Å². The summed E-state index contributed by atoms with van der Waals surface area (Å²) < 4.78 is 25.6. The first kappa shape index (κ1) is 23.1. The van der Waals surface area contributed by atoms with Crippen LogP contribution in [0.2, 0.25) is 5.02 Å². The molecule has 0 aliphatic carbocycles. The Labute approximate surface area is 197 Å². The molecular weight excluding hydrogens is 447 g/mol. The average Bonchev–Trinajstić information content (AvgIpc) is 2.82. The molecule has 1 saturated heterocycles. The van der Waals surface area contributed by atoms with Crippen LogP contribution in [0.15, 0.2) is 36.5 Å². The van der Waals surface area contributed by atoms with Gasteiger partial charge in [-0.05, 0) is 38.2 Å². The van der Waals surface area contributed by atoms with E-state index in [1.54, 1.807) is 26.2 Å². The molecule has 7 nitrogen and oxygen atoms in total. The minimum Gasteiger partial charge on any atom is -0.495 e. The first-order valence-corrected chi connectivity index (χ1v) is 11.1. The van der Waals surface area contributed by atoms with Gasteiger partial charge in [-0.3, -0.25) is 4.98 Å². The van der Waals surface area contributed by atoms with Gasteiger partial charge in [-0.2, -0.15) is 0 Å². The number of aromatic nitrogens is 1. The van der Waals surface area contributed by atoms with Crippen LogP contribution in [0.4, 0.5) is 21.5 Å². The fraction of sp³-hybridized carbons (Fsp3) is 0.333. The Balaban J connectivity index is 1.87. The number of nitrogens with zero attached hydrogens (tertiary/aromatic N) is 3. The van der Waals surface area contributed by atoms with E-state index in [2.05, 4.69) is 27.1 Å². The Morgan fingerprint density at radius 1 is 1.24 bits per heavy atom. The van der Waals surface area contributed by atoms with Crippen molar-refractivity contribution in [3.05, 3.63) is 52.9 Å². The molecule has 1 aromatic heterocycles. The maximum Gasteiger partial charge on any atom is 0.341 e. The number of hydrogen-bond acceptors (Lipinski definition) is 7. The summed E-state index contributed by atoms with van der Waals surface area (Å²) in [5.41, 5.74) is 2.28. The zero-order valence-corrected chi connectivity index (χ0v) is 19.6. The van der Waals surface area contributed by atoms with Crippen molar-refractivity contribution in [3.63, 3.8) is 0 Å². The predicted octanol–water partition coefficient (Wildman–Crippen LogP) is 4.71. The Kier molecular flexibility index (Phi) is 6.85. The number of piperazine rings is 1. The molecule has 1 aliphatic heterocycles. The van der Waals surface area contributed by atoms with Crippen LogP contribution in [0.1, 0.15) is 17.3 Å². The van der Waals surface area contributed by atoms with Crippen LogP contribution >= 0.6 is 11.6 Å². The number of halogens is 2. The number of carbonyl (C=O) groups is 1. The van der Waals surface area contributed by atoms with Gasteiger partial charge < -0.3 is 24.6 Å². The largest absolute Gasteiger partial charge is 0.495 e. The van der Waals surface area contributed by atoms with Crippen LogP contribution in [0.3, 0.4) is 0 Å². The van der Waals surface area contributed by atoms with Gasteiger partial charge in [0.05, 0.1) is 41.3 Å². The lowest BCUT2D eigenvalue weighted by Gasteiger charge is -2.34. The summed E-state index contributed by atoms with van der Waals surface area (Å²) >= 11 is 5.97. The monoisotopic (exact) mass is 472 g/mol. The number of esters is 1. The second kappa shape index (κ2) is 9.80. The van der Waals surface area contributed by atoms with Crippen LogP contribution < -0.4 is 15.0 Å². The van der Waals surface area contributed by atoms with E-state index in [4.69, 9.17) is 21.1 Å². The van der Waals surface area contributed by atoms with Crippen LogP contribution in [-0.2, 0) is 4.74 Å². The standard InChI is InChI=1S/C24H26ClFN4O3/c1-4-33-24(31)16-14-27-19-13-20(30-10-8-29(2)9-11-30)21(32-3)12-15(19)23(16)28-18-7-5-6-17(25)22(18)26/h5-7,12-14H,4,8-11H2,1-3H3,(H,27,28). The zero-order chi connectivity index (χ0) is 23.5. The second-order valence-corrected chi connectivity index (χ2v) is 8.23. The molecule has 9 heteroatoms. The summed E-state index contributed by atoms with van der Waals surface area (Å²) in [6.45, 7) is 5.53. The number of hydrogen-bond donors (Lipinski definition) is 1. The lowest BCUT2D eigenvalue weighted by Crippen LogP contribution is -2.44. The molecular formula is C24H26ClFN4O3. The third-order valence-corrected chi connectivity index (χ3v) is 6.01. The molecule has 2 heterocycles.